The van der Waals surface area contributed by atoms with Crippen LogP contribution in [0.1, 0.15) is 0 Å². The van der Waals surface area contributed by atoms with E-state index in [2.05, 4.69) is 19.9 Å². The van der Waals surface area contributed by atoms with Gasteiger partial charge >= 0.3 is 0 Å². The van der Waals surface area contributed by atoms with Crippen molar-refractivity contribution in [2.45, 2.75) is 0 Å². The summed E-state index contributed by atoms with van der Waals surface area (Å²) in [4.78, 5) is 15.5. The molecule has 0 atom stereocenters. The third kappa shape index (κ3) is 0.823. The number of aromatic nitrogens is 4. The second-order valence-corrected chi connectivity index (χ2v) is 2.81. The Bertz CT molecular complexity index is 519. The summed E-state index contributed by atoms with van der Waals surface area (Å²) < 4.78 is 0. The minimum Gasteiger partial charge on any atom is -0.338 e. The molecule has 3 aromatic heterocycles. The van der Waals surface area contributed by atoms with E-state index in [1.807, 2.05) is 12.1 Å². The van der Waals surface area contributed by atoms with Gasteiger partial charge in [-0.1, -0.05) is 0 Å². The Hall–Kier alpha value is -1.97. The fraction of sp³-hybridized carbons (Fsp3) is 0. The number of H-pyrrole nitrogens is 1. The Balaban J connectivity index is 2.64. The van der Waals surface area contributed by atoms with Crippen molar-refractivity contribution in [2.24, 2.45) is 0 Å². The number of nitrogens with one attached hydrogen (secondary N) is 1. The van der Waals surface area contributed by atoms with Gasteiger partial charge in [0.15, 0.2) is 0 Å². The lowest BCUT2D eigenvalue weighted by Gasteiger charge is -1.85. The van der Waals surface area contributed by atoms with Gasteiger partial charge in [-0.05, 0) is 12.1 Å². The van der Waals surface area contributed by atoms with Gasteiger partial charge < -0.3 is 4.98 Å². The third-order valence-corrected chi connectivity index (χ3v) is 2.03. The number of pyridine rings is 1. The second-order valence-electron chi connectivity index (χ2n) is 2.81. The summed E-state index contributed by atoms with van der Waals surface area (Å²) in [6.07, 6.45) is 5.06. The summed E-state index contributed by atoms with van der Waals surface area (Å²) in [6.45, 7) is 0. The van der Waals surface area contributed by atoms with Crippen molar-refractivity contribution >= 4 is 22.1 Å². The molecule has 3 aromatic rings. The Morgan fingerprint density at radius 3 is 3.23 bits per heavy atom. The highest BCUT2D eigenvalue weighted by Crippen LogP contribution is 2.19. The lowest BCUT2D eigenvalue weighted by molar-refractivity contribution is 1.20. The molecule has 4 heteroatoms. The van der Waals surface area contributed by atoms with Crippen molar-refractivity contribution in [3.05, 3.63) is 30.9 Å². The third-order valence-electron chi connectivity index (χ3n) is 2.03. The number of hydrogen-bond acceptors (Lipinski definition) is 3. The zero-order chi connectivity index (χ0) is 8.67. The van der Waals surface area contributed by atoms with E-state index in [-0.39, 0.29) is 0 Å². The topological polar surface area (TPSA) is 54.5 Å². The van der Waals surface area contributed by atoms with Crippen LogP contribution in [-0.2, 0) is 0 Å². The first-order valence-corrected chi connectivity index (χ1v) is 3.97. The first kappa shape index (κ1) is 6.54. The first-order chi connectivity index (χ1) is 6.45. The zero-order valence-electron chi connectivity index (χ0n) is 6.73. The Kier molecular flexibility index (Phi) is 1.14. The molecule has 0 saturated carbocycles. The quantitative estimate of drug-likeness (QED) is 0.556. The van der Waals surface area contributed by atoms with E-state index in [1.165, 1.54) is 6.33 Å². The number of aromatic amines is 1. The van der Waals surface area contributed by atoms with Gasteiger partial charge in [0, 0.05) is 12.4 Å². The molecule has 13 heavy (non-hydrogen) atoms. The minimum absolute atomic E-state index is 0.837. The van der Waals surface area contributed by atoms with Crippen LogP contribution in [0, 0.1) is 0 Å². The van der Waals surface area contributed by atoms with Gasteiger partial charge in [0.1, 0.15) is 12.0 Å². The van der Waals surface area contributed by atoms with Gasteiger partial charge in [-0.3, -0.25) is 4.98 Å². The van der Waals surface area contributed by atoms with Crippen LogP contribution in [0.4, 0.5) is 0 Å². The minimum atomic E-state index is 0.837. The van der Waals surface area contributed by atoms with Crippen molar-refractivity contribution in [3.63, 3.8) is 0 Å². The number of rotatable bonds is 0. The number of fused-ring (bicyclic) bond motifs is 3. The van der Waals surface area contributed by atoms with E-state index in [4.69, 9.17) is 0 Å². The van der Waals surface area contributed by atoms with Crippen LogP contribution in [0.15, 0.2) is 30.9 Å². The van der Waals surface area contributed by atoms with Gasteiger partial charge in [-0.2, -0.15) is 0 Å². The molecule has 0 amide bonds. The highest BCUT2D eigenvalue weighted by atomic mass is 14.9. The summed E-state index contributed by atoms with van der Waals surface area (Å²) in [5, 5.41) is 0.970. The molecule has 3 rings (SSSR count). The lowest BCUT2D eigenvalue weighted by atomic mass is 10.3. The molecular formula is C9H6N4. The van der Waals surface area contributed by atoms with E-state index in [9.17, 15) is 0 Å². The molecule has 0 fully saturated rings. The van der Waals surface area contributed by atoms with Crippen molar-refractivity contribution in [1.29, 1.82) is 0 Å². The van der Waals surface area contributed by atoms with Crippen molar-refractivity contribution in [3.8, 4) is 0 Å². The van der Waals surface area contributed by atoms with E-state index < -0.39 is 0 Å². The van der Waals surface area contributed by atoms with E-state index in [0.717, 1.165) is 22.1 Å². The Labute approximate surface area is 73.7 Å². The van der Waals surface area contributed by atoms with Gasteiger partial charge in [0.05, 0.1) is 16.4 Å². The lowest BCUT2D eigenvalue weighted by Crippen LogP contribution is -1.76. The van der Waals surface area contributed by atoms with Crippen molar-refractivity contribution < 1.29 is 0 Å². The summed E-state index contributed by atoms with van der Waals surface area (Å²) in [5.74, 6) is 0. The molecule has 62 valence electrons. The molecule has 0 aliphatic rings. The fourth-order valence-electron chi connectivity index (χ4n) is 1.45. The maximum Gasteiger partial charge on any atom is 0.143 e. The van der Waals surface area contributed by atoms with Crippen LogP contribution in [0.2, 0.25) is 0 Å². The normalized spacial score (nSPS) is 11.1. The predicted octanol–water partition coefficient (Wildman–Crippen LogP) is 1.51. The maximum atomic E-state index is 4.26. The largest absolute Gasteiger partial charge is 0.338 e. The van der Waals surface area contributed by atoms with Crippen LogP contribution in [0.5, 0.6) is 0 Å². The van der Waals surface area contributed by atoms with Crippen LogP contribution in [0.3, 0.4) is 0 Å². The summed E-state index contributed by atoms with van der Waals surface area (Å²) in [6, 6.07) is 3.87. The average Bonchev–Trinajstić information content (AvgIpc) is 2.56. The molecule has 0 aliphatic heterocycles. The van der Waals surface area contributed by atoms with Gasteiger partial charge in [-0.15, -0.1) is 0 Å². The summed E-state index contributed by atoms with van der Waals surface area (Å²) in [5.41, 5.74) is 2.76. The van der Waals surface area contributed by atoms with Crippen LogP contribution < -0.4 is 0 Å². The molecular weight excluding hydrogens is 164 g/mol. The summed E-state index contributed by atoms with van der Waals surface area (Å²) >= 11 is 0. The predicted molar refractivity (Wildman–Crippen MR) is 49.2 cm³/mol. The molecule has 0 unspecified atom stereocenters. The average molecular weight is 170 g/mol. The highest BCUT2D eigenvalue weighted by molar-refractivity contribution is 6.02. The van der Waals surface area contributed by atoms with Crippen molar-refractivity contribution in [1.82, 2.24) is 19.9 Å². The zero-order valence-corrected chi connectivity index (χ0v) is 6.73. The molecule has 0 spiro atoms. The maximum absolute atomic E-state index is 4.26. The van der Waals surface area contributed by atoms with Gasteiger partial charge in [0.25, 0.3) is 0 Å². The van der Waals surface area contributed by atoms with Crippen LogP contribution in [-0.4, -0.2) is 19.9 Å². The molecule has 0 bridgehead atoms. The Morgan fingerprint density at radius 2 is 2.23 bits per heavy atom. The molecule has 4 nitrogen and oxygen atoms in total. The SMILES string of the molecule is c1cnc2c(c1)[nH]c1ncncc12. The molecule has 0 saturated heterocycles. The number of nitrogens with zero attached hydrogens (tertiary/aromatic N) is 3. The molecule has 3 heterocycles. The van der Waals surface area contributed by atoms with Gasteiger partial charge in [-0.25, -0.2) is 9.97 Å². The Morgan fingerprint density at radius 1 is 1.23 bits per heavy atom. The van der Waals surface area contributed by atoms with Crippen molar-refractivity contribution in [2.75, 3.05) is 0 Å². The fourth-order valence-corrected chi connectivity index (χ4v) is 1.45. The first-order valence-electron chi connectivity index (χ1n) is 3.97. The monoisotopic (exact) mass is 170 g/mol. The highest BCUT2D eigenvalue weighted by Gasteiger charge is 2.03. The number of hydrogen-bond donors (Lipinski definition) is 1. The summed E-state index contributed by atoms with van der Waals surface area (Å²) in [7, 11) is 0. The van der Waals surface area contributed by atoms with E-state index in [0.29, 0.717) is 0 Å². The molecule has 0 radical (unpaired) electrons. The van der Waals surface area contributed by atoms with Gasteiger partial charge in [0.2, 0.25) is 0 Å². The standard InChI is InChI=1S/C9H6N4/c1-2-7-8(11-3-1)6-4-10-5-12-9(6)13-7/h1-5H,(H,10,12,13). The second kappa shape index (κ2) is 2.26. The molecule has 1 N–H and O–H groups in total. The molecule has 0 aromatic carbocycles. The van der Waals surface area contributed by atoms with Crippen LogP contribution in [0.25, 0.3) is 22.1 Å². The molecule has 0 aliphatic carbocycles. The van der Waals surface area contributed by atoms with Crippen LogP contribution >= 0.6 is 0 Å². The van der Waals surface area contributed by atoms with E-state index in [1.54, 1.807) is 12.4 Å². The van der Waals surface area contributed by atoms with E-state index >= 15 is 0 Å². The smallest absolute Gasteiger partial charge is 0.143 e.